The summed E-state index contributed by atoms with van der Waals surface area (Å²) in [6.07, 6.45) is 4.48. The smallest absolute Gasteiger partial charge is 0.137 e. The first-order valence-electron chi connectivity index (χ1n) is 5.78. The highest BCUT2D eigenvalue weighted by atomic mass is 79.9. The molecule has 0 fully saturated rings. The van der Waals surface area contributed by atoms with Crippen molar-refractivity contribution in [3.63, 3.8) is 0 Å². The molecular formula is C13H19BrFN. The molecule has 3 heteroatoms. The first kappa shape index (κ1) is 13.7. The molecule has 0 aliphatic rings. The minimum absolute atomic E-state index is 0.192. The van der Waals surface area contributed by atoms with Crippen LogP contribution in [0.15, 0.2) is 22.7 Å². The fourth-order valence-electron chi connectivity index (χ4n) is 1.82. The van der Waals surface area contributed by atoms with Crippen LogP contribution in [0.3, 0.4) is 0 Å². The second-order valence-corrected chi connectivity index (χ2v) is 4.92. The lowest BCUT2D eigenvalue weighted by Crippen LogP contribution is -2.25. The molecule has 0 saturated carbocycles. The third-order valence-electron chi connectivity index (χ3n) is 2.81. The zero-order valence-electron chi connectivity index (χ0n) is 9.89. The number of halogens is 2. The summed E-state index contributed by atoms with van der Waals surface area (Å²) in [7, 11) is 2.00. The molecule has 0 radical (unpaired) electrons. The van der Waals surface area contributed by atoms with E-state index >= 15 is 0 Å². The summed E-state index contributed by atoms with van der Waals surface area (Å²) in [4.78, 5) is 0. The summed E-state index contributed by atoms with van der Waals surface area (Å²) in [5, 5.41) is 3.31. The van der Waals surface area contributed by atoms with Crippen LogP contribution in [0.5, 0.6) is 0 Å². The van der Waals surface area contributed by atoms with Crippen molar-refractivity contribution >= 4 is 15.9 Å². The van der Waals surface area contributed by atoms with Gasteiger partial charge < -0.3 is 5.32 Å². The molecule has 90 valence electrons. The SMILES string of the molecule is CCCC(CCc1ccc(F)c(Br)c1)NC. The molecule has 1 N–H and O–H groups in total. The fraction of sp³-hybridized carbons (Fsp3) is 0.538. The lowest BCUT2D eigenvalue weighted by molar-refractivity contribution is 0.484. The molecular weight excluding hydrogens is 269 g/mol. The monoisotopic (exact) mass is 287 g/mol. The molecule has 0 spiro atoms. The molecule has 1 aromatic carbocycles. The van der Waals surface area contributed by atoms with Crippen molar-refractivity contribution in [2.75, 3.05) is 7.05 Å². The summed E-state index contributed by atoms with van der Waals surface area (Å²) >= 11 is 3.21. The quantitative estimate of drug-likeness (QED) is 0.837. The number of rotatable bonds is 6. The molecule has 16 heavy (non-hydrogen) atoms. The molecule has 0 amide bonds. The van der Waals surface area contributed by atoms with Gasteiger partial charge in [0.05, 0.1) is 4.47 Å². The Morgan fingerprint density at radius 1 is 1.38 bits per heavy atom. The maximum absolute atomic E-state index is 13.0. The number of hydrogen-bond donors (Lipinski definition) is 1. The van der Waals surface area contributed by atoms with Crippen LogP contribution < -0.4 is 5.32 Å². The standard InChI is InChI=1S/C13H19BrFN/c1-3-4-11(16-2)7-5-10-6-8-13(15)12(14)9-10/h6,8-9,11,16H,3-5,7H2,1-2H3. The van der Waals surface area contributed by atoms with Crippen molar-refractivity contribution in [3.05, 3.63) is 34.1 Å². The van der Waals surface area contributed by atoms with E-state index in [1.54, 1.807) is 0 Å². The third kappa shape index (κ3) is 4.22. The van der Waals surface area contributed by atoms with Gasteiger partial charge in [0.2, 0.25) is 0 Å². The average Bonchev–Trinajstić information content (AvgIpc) is 2.28. The van der Waals surface area contributed by atoms with E-state index in [2.05, 4.69) is 28.2 Å². The Morgan fingerprint density at radius 2 is 2.12 bits per heavy atom. The predicted octanol–water partition coefficient (Wildman–Crippen LogP) is 3.91. The van der Waals surface area contributed by atoms with Gasteiger partial charge >= 0.3 is 0 Å². The average molecular weight is 288 g/mol. The first-order valence-corrected chi connectivity index (χ1v) is 6.57. The Hall–Kier alpha value is -0.410. The molecule has 1 rings (SSSR count). The summed E-state index contributed by atoms with van der Waals surface area (Å²) in [5.74, 6) is -0.192. The molecule has 0 aliphatic carbocycles. The van der Waals surface area contributed by atoms with E-state index in [0.29, 0.717) is 10.5 Å². The largest absolute Gasteiger partial charge is 0.317 e. The Kier molecular flexibility index (Phi) is 5.99. The van der Waals surface area contributed by atoms with Gasteiger partial charge in [0.25, 0.3) is 0 Å². The predicted molar refractivity (Wildman–Crippen MR) is 70.2 cm³/mol. The molecule has 0 aliphatic heterocycles. The molecule has 0 saturated heterocycles. The van der Waals surface area contributed by atoms with Gasteiger partial charge in [0, 0.05) is 6.04 Å². The van der Waals surface area contributed by atoms with Crippen LogP contribution in [0.25, 0.3) is 0 Å². The number of hydrogen-bond acceptors (Lipinski definition) is 1. The topological polar surface area (TPSA) is 12.0 Å². The Morgan fingerprint density at radius 3 is 2.69 bits per heavy atom. The van der Waals surface area contributed by atoms with Crippen molar-refractivity contribution in [1.82, 2.24) is 5.32 Å². The van der Waals surface area contributed by atoms with E-state index in [4.69, 9.17) is 0 Å². The van der Waals surface area contributed by atoms with Gasteiger partial charge in [0.1, 0.15) is 5.82 Å². The second kappa shape index (κ2) is 7.02. The van der Waals surface area contributed by atoms with Crippen LogP contribution in [0, 0.1) is 5.82 Å². The van der Waals surface area contributed by atoms with Crippen molar-refractivity contribution in [3.8, 4) is 0 Å². The lowest BCUT2D eigenvalue weighted by atomic mass is 10.0. The van der Waals surface area contributed by atoms with Crippen LogP contribution >= 0.6 is 15.9 Å². The van der Waals surface area contributed by atoms with Gasteiger partial charge in [-0.05, 0) is 59.9 Å². The Bertz CT molecular complexity index is 328. The highest BCUT2D eigenvalue weighted by Gasteiger charge is 2.06. The van der Waals surface area contributed by atoms with Gasteiger partial charge in [-0.2, -0.15) is 0 Å². The Balaban J connectivity index is 2.50. The summed E-state index contributed by atoms with van der Waals surface area (Å²) in [5.41, 5.74) is 1.18. The van der Waals surface area contributed by atoms with E-state index < -0.39 is 0 Å². The van der Waals surface area contributed by atoms with Crippen molar-refractivity contribution < 1.29 is 4.39 Å². The summed E-state index contributed by atoms with van der Waals surface area (Å²) in [6, 6.07) is 5.81. The molecule has 0 aromatic heterocycles. The molecule has 1 nitrogen and oxygen atoms in total. The summed E-state index contributed by atoms with van der Waals surface area (Å²) in [6.45, 7) is 2.19. The zero-order chi connectivity index (χ0) is 12.0. The maximum atomic E-state index is 13.0. The molecule has 1 atom stereocenters. The van der Waals surface area contributed by atoms with Gasteiger partial charge in [0.15, 0.2) is 0 Å². The molecule has 1 aromatic rings. The Labute approximate surface area is 106 Å². The number of aryl methyl sites for hydroxylation is 1. The van der Waals surface area contributed by atoms with Crippen LogP contribution in [0.2, 0.25) is 0 Å². The fourth-order valence-corrected chi connectivity index (χ4v) is 2.24. The normalized spacial score (nSPS) is 12.8. The highest BCUT2D eigenvalue weighted by molar-refractivity contribution is 9.10. The van der Waals surface area contributed by atoms with Crippen molar-refractivity contribution in [2.24, 2.45) is 0 Å². The maximum Gasteiger partial charge on any atom is 0.137 e. The van der Waals surface area contributed by atoms with Gasteiger partial charge in [-0.1, -0.05) is 19.4 Å². The minimum atomic E-state index is -0.192. The van der Waals surface area contributed by atoms with Crippen LogP contribution in [-0.2, 0) is 6.42 Å². The van der Waals surface area contributed by atoms with Crippen LogP contribution in [-0.4, -0.2) is 13.1 Å². The first-order chi connectivity index (χ1) is 7.67. The van der Waals surface area contributed by atoms with E-state index in [9.17, 15) is 4.39 Å². The number of nitrogens with one attached hydrogen (secondary N) is 1. The molecule has 0 bridgehead atoms. The summed E-state index contributed by atoms with van der Waals surface area (Å²) < 4.78 is 13.6. The van der Waals surface area contributed by atoms with Gasteiger partial charge in [-0.15, -0.1) is 0 Å². The van der Waals surface area contributed by atoms with E-state index in [1.165, 1.54) is 24.5 Å². The molecule has 0 heterocycles. The second-order valence-electron chi connectivity index (χ2n) is 4.06. The lowest BCUT2D eigenvalue weighted by Gasteiger charge is -2.14. The van der Waals surface area contributed by atoms with Crippen molar-refractivity contribution in [1.29, 1.82) is 0 Å². The van der Waals surface area contributed by atoms with E-state index in [0.717, 1.165) is 12.8 Å². The van der Waals surface area contributed by atoms with Gasteiger partial charge in [-0.3, -0.25) is 0 Å². The van der Waals surface area contributed by atoms with Gasteiger partial charge in [-0.25, -0.2) is 4.39 Å². The van der Waals surface area contributed by atoms with E-state index in [-0.39, 0.29) is 5.82 Å². The number of benzene rings is 1. The van der Waals surface area contributed by atoms with E-state index in [1.807, 2.05) is 19.2 Å². The van der Waals surface area contributed by atoms with Crippen LogP contribution in [0.1, 0.15) is 31.7 Å². The van der Waals surface area contributed by atoms with Crippen molar-refractivity contribution in [2.45, 2.75) is 38.6 Å². The van der Waals surface area contributed by atoms with Crippen LogP contribution in [0.4, 0.5) is 4.39 Å². The highest BCUT2D eigenvalue weighted by Crippen LogP contribution is 2.18. The molecule has 1 unspecified atom stereocenters. The minimum Gasteiger partial charge on any atom is -0.317 e. The zero-order valence-corrected chi connectivity index (χ0v) is 11.5. The third-order valence-corrected chi connectivity index (χ3v) is 3.42.